The van der Waals surface area contributed by atoms with Gasteiger partial charge in [0.05, 0.1) is 11.3 Å². The third kappa shape index (κ3) is 2.53. The molecule has 21 heavy (non-hydrogen) atoms. The summed E-state index contributed by atoms with van der Waals surface area (Å²) in [6, 6.07) is 1.81. The number of hydrogen-bond donors (Lipinski definition) is 1. The first kappa shape index (κ1) is 15.5. The van der Waals surface area contributed by atoms with Crippen molar-refractivity contribution in [3.8, 4) is 0 Å². The van der Waals surface area contributed by atoms with Crippen molar-refractivity contribution in [3.63, 3.8) is 0 Å². The van der Waals surface area contributed by atoms with Crippen LogP contribution in [0, 0.1) is 0 Å². The van der Waals surface area contributed by atoms with E-state index in [1.54, 1.807) is 0 Å². The number of nitrogens with two attached hydrogens (primary N) is 1. The molecule has 9 heteroatoms. The highest BCUT2D eigenvalue weighted by Gasteiger charge is 2.49. The molecule has 1 aliphatic carbocycles. The number of benzene rings is 1. The highest BCUT2D eigenvalue weighted by molar-refractivity contribution is 7.92. The number of Topliss-reactive ketones (excluding diaryl/α,β-unsaturated/α-hetero) is 1. The molecule has 0 aromatic heterocycles. The highest BCUT2D eigenvalue weighted by atomic mass is 32.2. The van der Waals surface area contributed by atoms with Gasteiger partial charge in [-0.25, -0.2) is 8.42 Å². The standard InChI is InChI=1S/C12H10F3NO4S/c13-12(14,15)21(19,20)9-4-1-6(5-10(16)18)7-2-3-8(17)11(7)9/h1,4H,2-3,5H2,(H2,16,18). The molecule has 0 aliphatic heterocycles. The zero-order chi connectivity index (χ0) is 16.0. The van der Waals surface area contributed by atoms with Gasteiger partial charge in [0.25, 0.3) is 9.84 Å². The van der Waals surface area contributed by atoms with Gasteiger partial charge in [-0.2, -0.15) is 13.2 Å². The normalized spacial score (nSPS) is 15.1. The number of rotatable bonds is 3. The molecule has 0 heterocycles. The van der Waals surface area contributed by atoms with E-state index < -0.39 is 37.5 Å². The Bertz CT molecular complexity index is 738. The molecule has 2 N–H and O–H groups in total. The fourth-order valence-electron chi connectivity index (χ4n) is 2.33. The van der Waals surface area contributed by atoms with E-state index in [-0.39, 0.29) is 30.4 Å². The number of ketones is 1. The average molecular weight is 321 g/mol. The minimum atomic E-state index is -5.62. The Morgan fingerprint density at radius 3 is 2.38 bits per heavy atom. The van der Waals surface area contributed by atoms with E-state index in [1.165, 1.54) is 0 Å². The fourth-order valence-corrected chi connectivity index (χ4v) is 3.33. The molecule has 1 aromatic carbocycles. The zero-order valence-corrected chi connectivity index (χ0v) is 11.3. The van der Waals surface area contributed by atoms with Crippen molar-refractivity contribution in [2.45, 2.75) is 29.7 Å². The van der Waals surface area contributed by atoms with Gasteiger partial charge < -0.3 is 5.73 Å². The third-order valence-corrected chi connectivity index (χ3v) is 4.74. The van der Waals surface area contributed by atoms with Gasteiger partial charge in [0.1, 0.15) is 0 Å². The van der Waals surface area contributed by atoms with E-state index in [0.717, 1.165) is 6.07 Å². The van der Waals surface area contributed by atoms with Crippen LogP contribution in [0.3, 0.4) is 0 Å². The Kier molecular flexibility index (Phi) is 3.56. The van der Waals surface area contributed by atoms with Gasteiger partial charge in [0.2, 0.25) is 5.91 Å². The van der Waals surface area contributed by atoms with Crippen molar-refractivity contribution >= 4 is 21.5 Å². The van der Waals surface area contributed by atoms with Crippen LogP contribution in [0.5, 0.6) is 0 Å². The summed E-state index contributed by atoms with van der Waals surface area (Å²) in [5.74, 6) is -1.40. The number of hydrogen-bond acceptors (Lipinski definition) is 4. The van der Waals surface area contributed by atoms with Crippen LogP contribution in [0.15, 0.2) is 17.0 Å². The Labute approximate surface area is 117 Å². The minimum Gasteiger partial charge on any atom is -0.369 e. The Morgan fingerprint density at radius 1 is 1.24 bits per heavy atom. The summed E-state index contributed by atoms with van der Waals surface area (Å²) < 4.78 is 61.0. The Balaban J connectivity index is 2.70. The molecule has 0 saturated carbocycles. The summed E-state index contributed by atoms with van der Waals surface area (Å²) in [7, 11) is -5.62. The van der Waals surface area contributed by atoms with E-state index in [0.29, 0.717) is 6.07 Å². The highest BCUT2D eigenvalue weighted by Crippen LogP contribution is 2.37. The molecular formula is C12H10F3NO4S. The van der Waals surface area contributed by atoms with Crippen LogP contribution < -0.4 is 5.73 Å². The number of sulfone groups is 1. The monoisotopic (exact) mass is 321 g/mol. The lowest BCUT2D eigenvalue weighted by Gasteiger charge is -2.13. The van der Waals surface area contributed by atoms with Gasteiger partial charge in [-0.3, -0.25) is 9.59 Å². The van der Waals surface area contributed by atoms with E-state index in [2.05, 4.69) is 0 Å². The first-order chi connectivity index (χ1) is 9.55. The molecule has 1 aromatic rings. The maximum absolute atomic E-state index is 12.7. The molecule has 0 atom stereocenters. The van der Waals surface area contributed by atoms with Crippen LogP contribution in [0.25, 0.3) is 0 Å². The molecule has 1 aliphatic rings. The van der Waals surface area contributed by atoms with Gasteiger partial charge in [-0.05, 0) is 23.6 Å². The molecule has 0 bridgehead atoms. The van der Waals surface area contributed by atoms with Gasteiger partial charge in [0, 0.05) is 12.0 Å². The van der Waals surface area contributed by atoms with Crippen LogP contribution in [-0.4, -0.2) is 25.6 Å². The molecule has 114 valence electrons. The quantitative estimate of drug-likeness (QED) is 0.903. The summed E-state index contributed by atoms with van der Waals surface area (Å²) in [6.45, 7) is 0. The molecular weight excluding hydrogens is 311 g/mol. The number of halogens is 3. The lowest BCUT2D eigenvalue weighted by molar-refractivity contribution is -0.117. The summed E-state index contributed by atoms with van der Waals surface area (Å²) in [6.07, 6.45) is -0.258. The van der Waals surface area contributed by atoms with E-state index in [9.17, 15) is 31.2 Å². The van der Waals surface area contributed by atoms with Crippen LogP contribution in [0.4, 0.5) is 13.2 Å². The summed E-state index contributed by atoms with van der Waals surface area (Å²) in [5, 5.41) is 0. The maximum Gasteiger partial charge on any atom is 0.501 e. The predicted octanol–water partition coefficient (Wildman–Crippen LogP) is 1.14. The second-order valence-corrected chi connectivity index (χ2v) is 6.50. The second-order valence-electron chi connectivity index (χ2n) is 4.59. The number of amides is 1. The summed E-state index contributed by atoms with van der Waals surface area (Å²) >= 11 is 0. The Hall–Kier alpha value is -1.90. The largest absolute Gasteiger partial charge is 0.501 e. The summed E-state index contributed by atoms with van der Waals surface area (Å²) in [4.78, 5) is 21.6. The van der Waals surface area contributed by atoms with Crippen molar-refractivity contribution in [2.24, 2.45) is 5.73 Å². The van der Waals surface area contributed by atoms with Crippen molar-refractivity contribution in [1.82, 2.24) is 0 Å². The fraction of sp³-hybridized carbons (Fsp3) is 0.333. The first-order valence-corrected chi connectivity index (χ1v) is 7.31. The van der Waals surface area contributed by atoms with Crippen molar-refractivity contribution in [2.75, 3.05) is 0 Å². The van der Waals surface area contributed by atoms with Crippen LogP contribution >= 0.6 is 0 Å². The van der Waals surface area contributed by atoms with E-state index in [1.807, 2.05) is 0 Å². The second kappa shape index (κ2) is 4.83. The third-order valence-electron chi connectivity index (χ3n) is 3.21. The number of primary amides is 1. The molecule has 0 spiro atoms. The lowest BCUT2D eigenvalue weighted by Crippen LogP contribution is -2.25. The van der Waals surface area contributed by atoms with E-state index in [4.69, 9.17) is 5.73 Å². The molecule has 0 radical (unpaired) electrons. The number of fused-ring (bicyclic) bond motifs is 1. The number of alkyl halides is 3. The predicted molar refractivity (Wildman–Crippen MR) is 65.2 cm³/mol. The SMILES string of the molecule is NC(=O)Cc1ccc(S(=O)(=O)C(F)(F)F)c2c1CCC2=O. The van der Waals surface area contributed by atoms with E-state index >= 15 is 0 Å². The van der Waals surface area contributed by atoms with Gasteiger partial charge in [-0.15, -0.1) is 0 Å². The molecule has 0 saturated heterocycles. The smallest absolute Gasteiger partial charge is 0.369 e. The minimum absolute atomic E-state index is 0.0918. The molecule has 0 unspecified atom stereocenters. The molecule has 1 amide bonds. The van der Waals surface area contributed by atoms with Crippen molar-refractivity contribution in [1.29, 1.82) is 0 Å². The zero-order valence-electron chi connectivity index (χ0n) is 10.5. The van der Waals surface area contributed by atoms with Gasteiger partial charge >= 0.3 is 5.51 Å². The average Bonchev–Trinajstić information content (AvgIpc) is 2.70. The number of carbonyl (C=O) groups is 2. The van der Waals surface area contributed by atoms with Crippen LogP contribution in [0.2, 0.25) is 0 Å². The maximum atomic E-state index is 12.7. The van der Waals surface area contributed by atoms with Gasteiger partial charge in [-0.1, -0.05) is 6.07 Å². The Morgan fingerprint density at radius 2 is 1.86 bits per heavy atom. The molecule has 0 fully saturated rings. The first-order valence-electron chi connectivity index (χ1n) is 5.83. The van der Waals surface area contributed by atoms with Crippen LogP contribution in [-0.2, 0) is 27.5 Å². The summed E-state index contributed by atoms with van der Waals surface area (Å²) in [5.41, 5.74) is -0.495. The molecule has 5 nitrogen and oxygen atoms in total. The molecule has 2 rings (SSSR count). The van der Waals surface area contributed by atoms with Crippen molar-refractivity contribution < 1.29 is 31.2 Å². The topological polar surface area (TPSA) is 94.3 Å². The van der Waals surface area contributed by atoms with Crippen molar-refractivity contribution in [3.05, 3.63) is 28.8 Å². The number of carbonyl (C=O) groups excluding carboxylic acids is 2. The van der Waals surface area contributed by atoms with Gasteiger partial charge in [0.15, 0.2) is 5.78 Å². The lowest BCUT2D eigenvalue weighted by atomic mass is 10.0. The van der Waals surface area contributed by atoms with Crippen LogP contribution in [0.1, 0.15) is 27.9 Å².